The van der Waals surface area contributed by atoms with Gasteiger partial charge in [-0.05, 0) is 42.0 Å². The van der Waals surface area contributed by atoms with Crippen LogP contribution in [0.4, 0.5) is 14.5 Å². The van der Waals surface area contributed by atoms with Crippen LogP contribution in [0.25, 0.3) is 16.9 Å². The zero-order chi connectivity index (χ0) is 27.4. The van der Waals surface area contributed by atoms with Crippen molar-refractivity contribution in [3.05, 3.63) is 89.5 Å². The second-order valence-electron chi connectivity index (χ2n) is 8.42. The molecule has 0 bridgehead atoms. The van der Waals surface area contributed by atoms with Crippen LogP contribution in [0.1, 0.15) is 15.9 Å². The molecule has 0 aliphatic carbocycles. The average Bonchev–Trinajstić information content (AvgIpc) is 3.52. The maximum absolute atomic E-state index is 13.2. The van der Waals surface area contributed by atoms with Gasteiger partial charge in [-0.2, -0.15) is 19.0 Å². The molecule has 0 saturated heterocycles. The number of rotatable bonds is 10. The van der Waals surface area contributed by atoms with Crippen molar-refractivity contribution in [1.29, 1.82) is 0 Å². The Bertz CT molecular complexity index is 1620. The van der Waals surface area contributed by atoms with Crippen molar-refractivity contribution in [3.63, 3.8) is 0 Å². The third-order valence-electron chi connectivity index (χ3n) is 5.70. The number of aromatic hydroxyl groups is 1. The number of ether oxygens (including phenoxy) is 1. The van der Waals surface area contributed by atoms with E-state index in [1.165, 1.54) is 28.9 Å². The summed E-state index contributed by atoms with van der Waals surface area (Å²) in [5.41, 5.74) is 2.10. The molecule has 3 heterocycles. The quantitative estimate of drug-likeness (QED) is 0.216. The summed E-state index contributed by atoms with van der Waals surface area (Å²) >= 11 is 6.17. The molecular weight excluding hydrogens is 532 g/mol. The van der Waals surface area contributed by atoms with Crippen molar-refractivity contribution in [2.45, 2.75) is 19.7 Å². The van der Waals surface area contributed by atoms with Crippen LogP contribution in [0.3, 0.4) is 0 Å². The number of carbonyl (C=O) groups excluding carboxylic acids is 1. The first-order chi connectivity index (χ1) is 18.9. The van der Waals surface area contributed by atoms with E-state index in [0.717, 1.165) is 5.56 Å². The Morgan fingerprint density at radius 2 is 2.05 bits per heavy atom. The number of hydrogen-bond acceptors (Lipinski definition) is 7. The number of fused-ring (bicyclic) bond motifs is 1. The highest BCUT2D eigenvalue weighted by Crippen LogP contribution is 2.37. The van der Waals surface area contributed by atoms with E-state index in [0.29, 0.717) is 25.3 Å². The van der Waals surface area contributed by atoms with Gasteiger partial charge in [-0.15, -0.1) is 0 Å². The molecule has 5 aromatic rings. The molecule has 39 heavy (non-hydrogen) atoms. The van der Waals surface area contributed by atoms with Crippen LogP contribution in [0, 0.1) is 0 Å². The number of nitrogens with one attached hydrogen (secondary N) is 2. The van der Waals surface area contributed by atoms with Gasteiger partial charge in [-0.1, -0.05) is 23.7 Å². The molecular formula is C26H22ClF2N7O3. The molecule has 0 spiro atoms. The summed E-state index contributed by atoms with van der Waals surface area (Å²) in [5, 5.41) is 24.6. The summed E-state index contributed by atoms with van der Waals surface area (Å²) in [6.45, 7) is -1.70. The summed E-state index contributed by atoms with van der Waals surface area (Å²) in [6.07, 6.45) is 6.18. The predicted molar refractivity (Wildman–Crippen MR) is 140 cm³/mol. The van der Waals surface area contributed by atoms with Gasteiger partial charge in [0, 0.05) is 42.3 Å². The average molecular weight is 554 g/mol. The van der Waals surface area contributed by atoms with Crippen molar-refractivity contribution in [3.8, 4) is 22.8 Å². The van der Waals surface area contributed by atoms with E-state index in [-0.39, 0.29) is 39.0 Å². The summed E-state index contributed by atoms with van der Waals surface area (Å²) in [5.74, 6) is -0.476. The van der Waals surface area contributed by atoms with Crippen molar-refractivity contribution < 1.29 is 23.4 Å². The van der Waals surface area contributed by atoms with Crippen LogP contribution in [0.15, 0.2) is 73.3 Å². The molecule has 0 fully saturated rings. The molecule has 3 aromatic heterocycles. The Morgan fingerprint density at radius 3 is 2.87 bits per heavy atom. The van der Waals surface area contributed by atoms with Gasteiger partial charge in [0.2, 0.25) is 0 Å². The minimum Gasteiger partial charge on any atom is -0.508 e. The molecule has 200 valence electrons. The minimum absolute atomic E-state index is 0.144. The van der Waals surface area contributed by atoms with Gasteiger partial charge in [0.25, 0.3) is 5.91 Å². The standard InChI is InChI=1S/C26H22ClF2N7O3/c27-17-5-6-22(39-26(28)29)19(12-17)23-21(33-25(38)20-14-32-36-9-2-7-31-24(20)36)15-35(34-23)10-8-30-13-16-3-1-4-18(37)11-16/h1-7,9,11-12,14-15,26,30,37H,8,10,13H2,(H,33,38). The molecule has 0 aliphatic rings. The first-order valence-electron chi connectivity index (χ1n) is 11.8. The van der Waals surface area contributed by atoms with Crippen molar-refractivity contribution >= 4 is 28.8 Å². The third kappa shape index (κ3) is 6.13. The van der Waals surface area contributed by atoms with Crippen LogP contribution in [-0.2, 0) is 13.1 Å². The maximum Gasteiger partial charge on any atom is 0.387 e. The van der Waals surface area contributed by atoms with Gasteiger partial charge in [-0.3, -0.25) is 9.48 Å². The summed E-state index contributed by atoms with van der Waals surface area (Å²) in [7, 11) is 0. The van der Waals surface area contributed by atoms with Crippen molar-refractivity contribution in [2.24, 2.45) is 0 Å². The fourth-order valence-electron chi connectivity index (χ4n) is 3.98. The maximum atomic E-state index is 13.2. The molecule has 3 N–H and O–H groups in total. The SMILES string of the molecule is O=C(Nc1cn(CCNCc2cccc(O)c2)nc1-c1cc(Cl)ccc1OC(F)F)c1cnn2cccnc12. The lowest BCUT2D eigenvalue weighted by molar-refractivity contribution is -0.0494. The first kappa shape index (κ1) is 26.1. The van der Waals surface area contributed by atoms with E-state index in [1.54, 1.807) is 47.5 Å². The van der Waals surface area contributed by atoms with E-state index < -0.39 is 12.5 Å². The molecule has 0 saturated carbocycles. The third-order valence-corrected chi connectivity index (χ3v) is 5.94. The number of aromatic nitrogens is 5. The van der Waals surface area contributed by atoms with Crippen LogP contribution < -0.4 is 15.4 Å². The number of anilines is 1. The molecule has 0 radical (unpaired) electrons. The van der Waals surface area contributed by atoms with Gasteiger partial charge >= 0.3 is 6.61 Å². The summed E-state index contributed by atoms with van der Waals surface area (Å²) < 4.78 is 34.0. The zero-order valence-corrected chi connectivity index (χ0v) is 21.0. The molecule has 0 atom stereocenters. The Labute approximate surface area is 225 Å². The number of phenolic OH excluding ortho intramolecular Hbond substituents is 1. The van der Waals surface area contributed by atoms with Gasteiger partial charge in [0.1, 0.15) is 22.8 Å². The fraction of sp³-hybridized carbons (Fsp3) is 0.154. The van der Waals surface area contributed by atoms with E-state index in [2.05, 4.69) is 25.8 Å². The summed E-state index contributed by atoms with van der Waals surface area (Å²) in [4.78, 5) is 17.4. The second-order valence-corrected chi connectivity index (χ2v) is 8.86. The minimum atomic E-state index is -3.07. The van der Waals surface area contributed by atoms with Crippen LogP contribution >= 0.6 is 11.6 Å². The smallest absolute Gasteiger partial charge is 0.387 e. The normalized spacial score (nSPS) is 11.3. The largest absolute Gasteiger partial charge is 0.508 e. The first-order valence-corrected chi connectivity index (χ1v) is 12.2. The monoisotopic (exact) mass is 553 g/mol. The van der Waals surface area contributed by atoms with Crippen molar-refractivity contribution in [1.82, 2.24) is 29.7 Å². The molecule has 0 unspecified atom stereocenters. The van der Waals surface area contributed by atoms with Crippen molar-refractivity contribution in [2.75, 3.05) is 11.9 Å². The van der Waals surface area contributed by atoms with Gasteiger partial charge in [0.05, 0.1) is 18.4 Å². The molecule has 0 aliphatic heterocycles. The Kier molecular flexibility index (Phi) is 7.66. The number of alkyl halides is 2. The molecule has 5 rings (SSSR count). The van der Waals surface area contributed by atoms with E-state index >= 15 is 0 Å². The Morgan fingerprint density at radius 1 is 1.18 bits per heavy atom. The second kappa shape index (κ2) is 11.5. The number of hydrogen-bond donors (Lipinski definition) is 3. The van der Waals surface area contributed by atoms with E-state index in [1.807, 2.05) is 6.07 Å². The highest BCUT2D eigenvalue weighted by molar-refractivity contribution is 6.31. The molecule has 2 aromatic carbocycles. The number of phenols is 1. The number of halogens is 3. The van der Waals surface area contributed by atoms with Crippen LogP contribution in [0.5, 0.6) is 11.5 Å². The van der Waals surface area contributed by atoms with Gasteiger partial charge in [-0.25, -0.2) is 9.50 Å². The van der Waals surface area contributed by atoms with Gasteiger partial charge in [0.15, 0.2) is 5.65 Å². The zero-order valence-electron chi connectivity index (χ0n) is 20.3. The van der Waals surface area contributed by atoms with E-state index in [4.69, 9.17) is 16.3 Å². The molecule has 13 heteroatoms. The Hall–Kier alpha value is -4.55. The lowest BCUT2D eigenvalue weighted by Gasteiger charge is -2.11. The lowest BCUT2D eigenvalue weighted by atomic mass is 10.1. The van der Waals surface area contributed by atoms with Crippen LogP contribution in [0.2, 0.25) is 5.02 Å². The summed E-state index contributed by atoms with van der Waals surface area (Å²) in [6, 6.07) is 12.8. The number of carbonyl (C=O) groups is 1. The molecule has 1 amide bonds. The number of benzene rings is 2. The molecule has 10 nitrogen and oxygen atoms in total. The van der Waals surface area contributed by atoms with E-state index in [9.17, 15) is 18.7 Å². The number of nitrogens with zero attached hydrogens (tertiary/aromatic N) is 5. The van der Waals surface area contributed by atoms with Crippen LogP contribution in [-0.4, -0.2) is 48.5 Å². The Balaban J connectivity index is 1.42. The highest BCUT2D eigenvalue weighted by atomic mass is 35.5. The predicted octanol–water partition coefficient (Wildman–Crippen LogP) is 4.60. The fourth-order valence-corrected chi connectivity index (χ4v) is 4.15. The highest BCUT2D eigenvalue weighted by Gasteiger charge is 2.22. The lowest BCUT2D eigenvalue weighted by Crippen LogP contribution is -2.19. The van der Waals surface area contributed by atoms with Gasteiger partial charge < -0.3 is 20.5 Å². The topological polar surface area (TPSA) is 119 Å². The number of amides is 1.